The number of thiophene rings is 1. The number of rotatable bonds is 2. The summed E-state index contributed by atoms with van der Waals surface area (Å²) in [5.41, 5.74) is 5.67. The minimum atomic E-state index is 0.116. The van der Waals surface area contributed by atoms with Crippen LogP contribution in [0.1, 0.15) is 23.0 Å². The molecule has 1 fully saturated rings. The van der Waals surface area contributed by atoms with Gasteiger partial charge in [0.25, 0.3) is 5.91 Å². The third-order valence-corrected chi connectivity index (χ3v) is 6.36. The summed E-state index contributed by atoms with van der Waals surface area (Å²) in [5, 5.41) is 0. The minimum Gasteiger partial charge on any atom is -0.335 e. The normalized spacial score (nSPS) is 24.4. The van der Waals surface area contributed by atoms with E-state index >= 15 is 0 Å². The number of hydrogen-bond donors (Lipinski definition) is 1. The lowest BCUT2D eigenvalue weighted by molar-refractivity contribution is 0.0748. The van der Waals surface area contributed by atoms with Crippen molar-refractivity contribution in [3.05, 3.63) is 19.2 Å². The molecular formula is C11H14Br2N2OS. The molecule has 0 radical (unpaired) electrons. The molecule has 1 aliphatic heterocycles. The summed E-state index contributed by atoms with van der Waals surface area (Å²) in [5.74, 6) is 0.561. The molecule has 2 atom stereocenters. The summed E-state index contributed by atoms with van der Waals surface area (Å²) in [4.78, 5) is 15.0. The molecule has 1 aromatic heterocycles. The molecule has 1 amide bonds. The molecule has 0 spiro atoms. The van der Waals surface area contributed by atoms with E-state index in [0.717, 1.165) is 26.1 Å². The van der Waals surface area contributed by atoms with Crippen molar-refractivity contribution in [2.24, 2.45) is 11.7 Å². The standard InChI is InChI=1S/C11H14Br2N2OS/c1-6-2-7(4-14)5-15(6)11(16)9-3-8(12)10(13)17-9/h3,6-7H,2,4-5,14H2,1H3. The largest absolute Gasteiger partial charge is 0.335 e. The zero-order valence-corrected chi connectivity index (χ0v) is 13.4. The third-order valence-electron chi connectivity index (χ3n) is 3.11. The van der Waals surface area contributed by atoms with E-state index in [4.69, 9.17) is 5.73 Å². The van der Waals surface area contributed by atoms with Crippen molar-refractivity contribution in [1.29, 1.82) is 0 Å². The molecule has 0 saturated carbocycles. The van der Waals surface area contributed by atoms with E-state index in [0.29, 0.717) is 12.5 Å². The van der Waals surface area contributed by atoms with Crippen LogP contribution in [-0.2, 0) is 0 Å². The molecule has 2 N–H and O–H groups in total. The maximum Gasteiger partial charge on any atom is 0.264 e. The van der Waals surface area contributed by atoms with Crippen LogP contribution in [-0.4, -0.2) is 29.9 Å². The van der Waals surface area contributed by atoms with Gasteiger partial charge in [0, 0.05) is 17.1 Å². The Bertz CT molecular complexity index is 416. The SMILES string of the molecule is CC1CC(CN)CN1C(=O)c1cc(Br)c(Br)s1. The topological polar surface area (TPSA) is 46.3 Å². The summed E-state index contributed by atoms with van der Waals surface area (Å²) in [6, 6.07) is 2.16. The minimum absolute atomic E-state index is 0.116. The molecule has 0 bridgehead atoms. The Morgan fingerprint density at radius 1 is 1.65 bits per heavy atom. The molecule has 17 heavy (non-hydrogen) atoms. The van der Waals surface area contributed by atoms with E-state index in [9.17, 15) is 4.79 Å². The molecule has 6 heteroatoms. The highest BCUT2D eigenvalue weighted by atomic mass is 79.9. The van der Waals surface area contributed by atoms with Crippen LogP contribution in [0.25, 0.3) is 0 Å². The summed E-state index contributed by atoms with van der Waals surface area (Å²) in [6.45, 7) is 3.53. The van der Waals surface area contributed by atoms with Gasteiger partial charge in [0.15, 0.2) is 0 Å². The van der Waals surface area contributed by atoms with Crippen molar-refractivity contribution < 1.29 is 4.79 Å². The first-order valence-electron chi connectivity index (χ1n) is 5.48. The zero-order valence-electron chi connectivity index (χ0n) is 9.45. The van der Waals surface area contributed by atoms with Crippen molar-refractivity contribution in [2.45, 2.75) is 19.4 Å². The number of nitrogens with two attached hydrogens (primary N) is 1. The highest BCUT2D eigenvalue weighted by Crippen LogP contribution is 2.34. The quantitative estimate of drug-likeness (QED) is 0.855. The van der Waals surface area contributed by atoms with Gasteiger partial charge in [0.1, 0.15) is 0 Å². The predicted molar refractivity (Wildman–Crippen MR) is 77.4 cm³/mol. The fourth-order valence-electron chi connectivity index (χ4n) is 2.19. The smallest absolute Gasteiger partial charge is 0.264 e. The Hall–Kier alpha value is 0.0900. The van der Waals surface area contributed by atoms with Crippen molar-refractivity contribution in [3.63, 3.8) is 0 Å². The van der Waals surface area contributed by atoms with Crippen LogP contribution in [0.15, 0.2) is 14.3 Å². The van der Waals surface area contributed by atoms with Crippen LogP contribution >= 0.6 is 43.2 Å². The number of nitrogens with zero attached hydrogens (tertiary/aromatic N) is 1. The lowest BCUT2D eigenvalue weighted by atomic mass is 10.1. The lowest BCUT2D eigenvalue weighted by Crippen LogP contribution is -2.33. The van der Waals surface area contributed by atoms with E-state index in [-0.39, 0.29) is 11.9 Å². The molecule has 3 nitrogen and oxygen atoms in total. The maximum atomic E-state index is 12.3. The fraction of sp³-hybridized carbons (Fsp3) is 0.545. The molecule has 0 aromatic carbocycles. The van der Waals surface area contributed by atoms with Crippen LogP contribution in [0.5, 0.6) is 0 Å². The molecule has 1 aromatic rings. The Balaban J connectivity index is 2.15. The van der Waals surface area contributed by atoms with Gasteiger partial charge in [-0.25, -0.2) is 0 Å². The Labute approximate surface area is 122 Å². The van der Waals surface area contributed by atoms with Gasteiger partial charge in [0.05, 0.1) is 8.66 Å². The van der Waals surface area contributed by atoms with Crippen LogP contribution < -0.4 is 5.73 Å². The zero-order chi connectivity index (χ0) is 12.6. The Kier molecular flexibility index (Phi) is 4.28. The lowest BCUT2D eigenvalue weighted by Gasteiger charge is -2.20. The monoisotopic (exact) mass is 380 g/mol. The van der Waals surface area contributed by atoms with Crippen molar-refractivity contribution >= 4 is 49.1 Å². The second kappa shape index (κ2) is 5.38. The van der Waals surface area contributed by atoms with Gasteiger partial charge >= 0.3 is 0 Å². The van der Waals surface area contributed by atoms with E-state index < -0.39 is 0 Å². The number of carbonyl (C=O) groups excluding carboxylic acids is 1. The molecule has 0 aliphatic carbocycles. The Morgan fingerprint density at radius 2 is 2.35 bits per heavy atom. The second-order valence-corrected chi connectivity index (χ2v) is 7.60. The van der Waals surface area contributed by atoms with Crippen molar-refractivity contribution in [3.8, 4) is 0 Å². The van der Waals surface area contributed by atoms with Crippen LogP contribution in [0, 0.1) is 5.92 Å². The third kappa shape index (κ3) is 2.75. The average Bonchev–Trinajstić information content (AvgIpc) is 2.82. The first-order valence-corrected chi connectivity index (χ1v) is 7.89. The number of carbonyl (C=O) groups is 1. The van der Waals surface area contributed by atoms with Gasteiger partial charge in [-0.05, 0) is 63.7 Å². The van der Waals surface area contributed by atoms with Crippen molar-refractivity contribution in [2.75, 3.05) is 13.1 Å². The second-order valence-electron chi connectivity index (χ2n) is 4.38. The van der Waals surface area contributed by atoms with Gasteiger partial charge in [0.2, 0.25) is 0 Å². The summed E-state index contributed by atoms with van der Waals surface area (Å²) in [6.07, 6.45) is 1.01. The van der Waals surface area contributed by atoms with Gasteiger partial charge in [-0.15, -0.1) is 11.3 Å². The van der Waals surface area contributed by atoms with Gasteiger partial charge in [-0.1, -0.05) is 0 Å². The van der Waals surface area contributed by atoms with E-state index in [1.807, 2.05) is 11.0 Å². The molecule has 1 aliphatic rings. The van der Waals surface area contributed by atoms with Crippen LogP contribution in [0.2, 0.25) is 0 Å². The van der Waals surface area contributed by atoms with Crippen LogP contribution in [0.4, 0.5) is 0 Å². The van der Waals surface area contributed by atoms with Gasteiger partial charge < -0.3 is 10.6 Å². The summed E-state index contributed by atoms with van der Waals surface area (Å²) >= 11 is 8.29. The molecule has 2 heterocycles. The van der Waals surface area contributed by atoms with E-state index in [2.05, 4.69) is 38.8 Å². The summed E-state index contributed by atoms with van der Waals surface area (Å²) < 4.78 is 1.90. The highest BCUT2D eigenvalue weighted by molar-refractivity contribution is 9.13. The predicted octanol–water partition coefficient (Wildman–Crippen LogP) is 3.08. The fourth-order valence-corrected chi connectivity index (χ4v) is 4.18. The van der Waals surface area contributed by atoms with Gasteiger partial charge in [-0.2, -0.15) is 0 Å². The highest BCUT2D eigenvalue weighted by Gasteiger charge is 2.32. The number of likely N-dealkylation sites (tertiary alicyclic amines) is 1. The first-order chi connectivity index (χ1) is 8.02. The average molecular weight is 382 g/mol. The molecule has 2 rings (SSSR count). The number of halogens is 2. The summed E-state index contributed by atoms with van der Waals surface area (Å²) in [7, 11) is 0. The Morgan fingerprint density at radius 3 is 2.82 bits per heavy atom. The van der Waals surface area contributed by atoms with Crippen LogP contribution in [0.3, 0.4) is 0 Å². The molecule has 2 unspecified atom stereocenters. The van der Waals surface area contributed by atoms with E-state index in [1.54, 1.807) is 0 Å². The van der Waals surface area contributed by atoms with Crippen molar-refractivity contribution in [1.82, 2.24) is 4.90 Å². The van der Waals surface area contributed by atoms with Gasteiger partial charge in [-0.3, -0.25) is 4.79 Å². The molecule has 1 saturated heterocycles. The number of hydrogen-bond acceptors (Lipinski definition) is 3. The molecular weight excluding hydrogens is 368 g/mol. The first kappa shape index (κ1) is 13.5. The molecule has 94 valence electrons. The number of amides is 1. The van der Waals surface area contributed by atoms with E-state index in [1.165, 1.54) is 11.3 Å². The maximum absolute atomic E-state index is 12.3.